The number of hydrogen-bond donors (Lipinski definition) is 1. The minimum atomic E-state index is -0.155. The third-order valence-corrected chi connectivity index (χ3v) is 3.42. The Balaban J connectivity index is 2.15. The summed E-state index contributed by atoms with van der Waals surface area (Å²) in [6, 6.07) is 12.8. The molecule has 0 saturated carbocycles. The van der Waals surface area contributed by atoms with Crippen LogP contribution in [0.25, 0.3) is 11.0 Å². The maximum absolute atomic E-state index is 12.0. The van der Waals surface area contributed by atoms with Crippen molar-refractivity contribution in [2.45, 2.75) is 6.54 Å². The topological polar surface area (TPSA) is 60.9 Å². The van der Waals surface area contributed by atoms with Gasteiger partial charge in [-0.15, -0.1) is 0 Å². The average molecular weight is 286 g/mol. The third-order valence-electron chi connectivity index (χ3n) is 3.19. The fraction of sp³-hybridized carbons (Fsp3) is 0.0667. The second-order valence-corrected chi connectivity index (χ2v) is 4.95. The number of fused-ring (bicyclic) bond motifs is 1. The molecule has 0 bridgehead atoms. The molecule has 0 amide bonds. The molecule has 0 fully saturated rings. The van der Waals surface area contributed by atoms with E-state index in [4.69, 9.17) is 17.3 Å². The lowest BCUT2D eigenvalue weighted by molar-refractivity contribution is 0.788. The summed E-state index contributed by atoms with van der Waals surface area (Å²) in [5, 5.41) is 0.582. The molecule has 0 radical (unpaired) electrons. The van der Waals surface area contributed by atoms with Crippen LogP contribution in [-0.2, 0) is 6.54 Å². The molecule has 1 aromatic heterocycles. The molecule has 0 atom stereocenters. The van der Waals surface area contributed by atoms with Gasteiger partial charge >= 0.3 is 0 Å². The van der Waals surface area contributed by atoms with E-state index in [9.17, 15) is 4.79 Å². The van der Waals surface area contributed by atoms with Gasteiger partial charge in [0.25, 0.3) is 5.56 Å². The predicted octanol–water partition coefficient (Wildman–Crippen LogP) is 2.68. The number of anilines is 1. The zero-order valence-electron chi connectivity index (χ0n) is 10.6. The van der Waals surface area contributed by atoms with E-state index < -0.39 is 0 Å². The molecule has 3 rings (SSSR count). The smallest absolute Gasteiger partial charge is 0.269 e. The Hall–Kier alpha value is -2.33. The lowest BCUT2D eigenvalue weighted by atomic mass is 10.1. The number of nitrogens with zero attached hydrogens (tertiary/aromatic N) is 2. The molecule has 5 heteroatoms. The highest BCUT2D eigenvalue weighted by molar-refractivity contribution is 6.30. The van der Waals surface area contributed by atoms with Gasteiger partial charge in [-0.05, 0) is 29.8 Å². The number of nitrogen functional groups attached to an aromatic ring is 1. The Kier molecular flexibility index (Phi) is 3.16. The lowest BCUT2D eigenvalue weighted by Crippen LogP contribution is -2.21. The highest BCUT2D eigenvalue weighted by Gasteiger charge is 2.07. The van der Waals surface area contributed by atoms with Gasteiger partial charge in [0.2, 0.25) is 0 Å². The number of nitrogens with two attached hydrogens (primary N) is 1. The Morgan fingerprint density at radius 1 is 1.20 bits per heavy atom. The quantitative estimate of drug-likeness (QED) is 0.737. The van der Waals surface area contributed by atoms with Crippen LogP contribution < -0.4 is 11.3 Å². The molecule has 3 aromatic rings. The molecule has 0 spiro atoms. The van der Waals surface area contributed by atoms with Crippen molar-refractivity contribution < 1.29 is 0 Å². The molecule has 0 saturated heterocycles. The van der Waals surface area contributed by atoms with Crippen molar-refractivity contribution in [1.82, 2.24) is 9.55 Å². The highest BCUT2D eigenvalue weighted by Crippen LogP contribution is 2.19. The van der Waals surface area contributed by atoms with E-state index in [0.717, 1.165) is 16.6 Å². The van der Waals surface area contributed by atoms with E-state index in [1.807, 2.05) is 30.3 Å². The molecule has 0 aliphatic heterocycles. The number of para-hydroxylation sites is 2. The van der Waals surface area contributed by atoms with Gasteiger partial charge in [-0.25, -0.2) is 4.98 Å². The summed E-state index contributed by atoms with van der Waals surface area (Å²) >= 11 is 5.89. The number of hydrogen-bond acceptors (Lipinski definition) is 3. The normalized spacial score (nSPS) is 10.8. The van der Waals surface area contributed by atoms with Gasteiger partial charge in [0.15, 0.2) is 0 Å². The monoisotopic (exact) mass is 285 g/mol. The SMILES string of the molecule is Nc1cc(Cl)ccc1Cn1c(=O)cnc2ccccc21. The van der Waals surface area contributed by atoms with Crippen LogP contribution in [0.15, 0.2) is 53.5 Å². The van der Waals surface area contributed by atoms with Crippen molar-refractivity contribution in [3.05, 3.63) is 69.6 Å². The fourth-order valence-corrected chi connectivity index (χ4v) is 2.34. The first-order chi connectivity index (χ1) is 9.65. The minimum absolute atomic E-state index is 0.155. The molecule has 100 valence electrons. The van der Waals surface area contributed by atoms with Crippen LogP contribution in [0, 0.1) is 0 Å². The van der Waals surface area contributed by atoms with Crippen LogP contribution in [-0.4, -0.2) is 9.55 Å². The Labute approximate surface area is 120 Å². The Morgan fingerprint density at radius 3 is 2.80 bits per heavy atom. The molecule has 2 N–H and O–H groups in total. The van der Waals surface area contributed by atoms with Gasteiger partial charge in [0.05, 0.1) is 23.8 Å². The first-order valence-electron chi connectivity index (χ1n) is 6.13. The van der Waals surface area contributed by atoms with Crippen molar-refractivity contribution in [2.24, 2.45) is 0 Å². The fourth-order valence-electron chi connectivity index (χ4n) is 2.16. The maximum atomic E-state index is 12.0. The van der Waals surface area contributed by atoms with Crippen molar-refractivity contribution in [3.63, 3.8) is 0 Å². The molecule has 20 heavy (non-hydrogen) atoms. The summed E-state index contributed by atoms with van der Waals surface area (Å²) in [6.45, 7) is 0.394. The zero-order valence-corrected chi connectivity index (χ0v) is 11.3. The van der Waals surface area contributed by atoms with E-state index in [2.05, 4.69) is 4.98 Å². The third kappa shape index (κ3) is 2.26. The first kappa shape index (κ1) is 12.7. The van der Waals surface area contributed by atoms with Crippen molar-refractivity contribution in [2.75, 3.05) is 5.73 Å². The minimum Gasteiger partial charge on any atom is -0.398 e. The standard InChI is InChI=1S/C15H12ClN3O/c16-11-6-5-10(12(17)7-11)9-19-14-4-2-1-3-13(14)18-8-15(19)20/h1-8H,9,17H2. The van der Waals surface area contributed by atoms with Gasteiger partial charge in [0.1, 0.15) is 0 Å². The van der Waals surface area contributed by atoms with E-state index in [0.29, 0.717) is 17.3 Å². The summed E-state index contributed by atoms with van der Waals surface area (Å²) in [5.41, 5.74) is 8.79. The number of halogens is 1. The number of rotatable bonds is 2. The van der Waals surface area contributed by atoms with Crippen molar-refractivity contribution >= 4 is 28.3 Å². The average Bonchev–Trinajstić information content (AvgIpc) is 2.44. The Morgan fingerprint density at radius 2 is 2.00 bits per heavy atom. The first-order valence-corrected chi connectivity index (χ1v) is 6.51. The lowest BCUT2D eigenvalue weighted by Gasteiger charge is -2.11. The van der Waals surface area contributed by atoms with Crippen LogP contribution in [0.5, 0.6) is 0 Å². The molecule has 0 aliphatic rings. The number of benzene rings is 2. The summed E-state index contributed by atoms with van der Waals surface area (Å²) in [6.07, 6.45) is 1.33. The van der Waals surface area contributed by atoms with Gasteiger partial charge in [0, 0.05) is 10.7 Å². The van der Waals surface area contributed by atoms with E-state index in [-0.39, 0.29) is 5.56 Å². The summed E-state index contributed by atoms with van der Waals surface area (Å²) in [7, 11) is 0. The molecule has 2 aromatic carbocycles. The van der Waals surface area contributed by atoms with Crippen molar-refractivity contribution in [1.29, 1.82) is 0 Å². The van der Waals surface area contributed by atoms with Crippen LogP contribution in [0.3, 0.4) is 0 Å². The van der Waals surface area contributed by atoms with Gasteiger partial charge < -0.3 is 10.3 Å². The molecule has 4 nitrogen and oxygen atoms in total. The maximum Gasteiger partial charge on any atom is 0.269 e. The molecular weight excluding hydrogens is 274 g/mol. The molecule has 0 unspecified atom stereocenters. The second kappa shape index (κ2) is 4.98. The van der Waals surface area contributed by atoms with Crippen LogP contribution in [0.1, 0.15) is 5.56 Å². The van der Waals surface area contributed by atoms with Crippen LogP contribution in [0.2, 0.25) is 5.02 Å². The second-order valence-electron chi connectivity index (χ2n) is 4.51. The number of aromatic nitrogens is 2. The van der Waals surface area contributed by atoms with E-state index >= 15 is 0 Å². The van der Waals surface area contributed by atoms with E-state index in [1.54, 1.807) is 16.7 Å². The Bertz CT molecular complexity index is 842. The predicted molar refractivity (Wildman–Crippen MR) is 81.0 cm³/mol. The van der Waals surface area contributed by atoms with Crippen LogP contribution >= 0.6 is 11.6 Å². The largest absolute Gasteiger partial charge is 0.398 e. The molecule has 0 aliphatic carbocycles. The van der Waals surface area contributed by atoms with Crippen LogP contribution in [0.4, 0.5) is 5.69 Å². The van der Waals surface area contributed by atoms with Gasteiger partial charge in [-0.1, -0.05) is 29.8 Å². The summed E-state index contributed by atoms with van der Waals surface area (Å²) in [4.78, 5) is 16.2. The molecular formula is C15H12ClN3O. The zero-order chi connectivity index (χ0) is 14.1. The van der Waals surface area contributed by atoms with Gasteiger partial charge in [-0.3, -0.25) is 4.79 Å². The highest BCUT2D eigenvalue weighted by atomic mass is 35.5. The summed E-state index contributed by atoms with van der Waals surface area (Å²) in [5.74, 6) is 0. The van der Waals surface area contributed by atoms with E-state index in [1.165, 1.54) is 6.20 Å². The molecule has 1 heterocycles. The summed E-state index contributed by atoms with van der Waals surface area (Å²) < 4.78 is 1.65. The van der Waals surface area contributed by atoms with Crippen molar-refractivity contribution in [3.8, 4) is 0 Å². The van der Waals surface area contributed by atoms with Gasteiger partial charge in [-0.2, -0.15) is 0 Å².